The molecule has 1 saturated heterocycles. The highest BCUT2D eigenvalue weighted by atomic mass is 35.5. The molecule has 6 nitrogen and oxygen atoms in total. The minimum Gasteiger partial charge on any atom is -0.495 e. The van der Waals surface area contributed by atoms with Gasteiger partial charge in [-0.3, -0.25) is 0 Å². The fourth-order valence-electron chi connectivity index (χ4n) is 2.50. The van der Waals surface area contributed by atoms with Crippen molar-refractivity contribution in [2.24, 2.45) is 0 Å². The van der Waals surface area contributed by atoms with Crippen molar-refractivity contribution in [3.63, 3.8) is 0 Å². The maximum atomic E-state index is 6.12. The molecule has 0 saturated carbocycles. The molecular formula is C15H18ClN5O. The van der Waals surface area contributed by atoms with Gasteiger partial charge in [-0.1, -0.05) is 11.6 Å². The Morgan fingerprint density at radius 3 is 2.77 bits per heavy atom. The van der Waals surface area contributed by atoms with E-state index in [-0.39, 0.29) is 0 Å². The highest BCUT2D eigenvalue weighted by molar-refractivity contribution is 6.32. The number of hydrogen-bond acceptors (Lipinski definition) is 6. The van der Waals surface area contributed by atoms with Gasteiger partial charge in [-0.25, -0.2) is 0 Å². The molecule has 1 aromatic carbocycles. The lowest BCUT2D eigenvalue weighted by Crippen LogP contribution is -2.30. The van der Waals surface area contributed by atoms with E-state index in [1.807, 2.05) is 6.07 Å². The Balaban J connectivity index is 1.76. The van der Waals surface area contributed by atoms with Crippen molar-refractivity contribution < 1.29 is 4.74 Å². The van der Waals surface area contributed by atoms with E-state index in [2.05, 4.69) is 25.4 Å². The summed E-state index contributed by atoms with van der Waals surface area (Å²) >= 11 is 6.12. The van der Waals surface area contributed by atoms with E-state index in [0.29, 0.717) is 16.7 Å². The number of nitrogens with one attached hydrogen (secondary N) is 1. The molecular weight excluding hydrogens is 302 g/mol. The van der Waals surface area contributed by atoms with Crippen LogP contribution in [-0.4, -0.2) is 35.4 Å². The topological polar surface area (TPSA) is 63.2 Å². The van der Waals surface area contributed by atoms with Crippen molar-refractivity contribution in [2.45, 2.75) is 19.3 Å². The number of ether oxygens (including phenoxy) is 1. The summed E-state index contributed by atoms with van der Waals surface area (Å²) in [6.07, 6.45) is 5.38. The van der Waals surface area contributed by atoms with E-state index in [1.54, 1.807) is 25.4 Å². The van der Waals surface area contributed by atoms with Gasteiger partial charge in [-0.05, 0) is 37.5 Å². The smallest absolute Gasteiger partial charge is 0.249 e. The number of benzene rings is 1. The molecule has 1 N–H and O–H groups in total. The van der Waals surface area contributed by atoms with Crippen LogP contribution in [0.1, 0.15) is 19.3 Å². The van der Waals surface area contributed by atoms with Crippen LogP contribution in [0.25, 0.3) is 0 Å². The zero-order valence-corrected chi connectivity index (χ0v) is 13.2. The van der Waals surface area contributed by atoms with E-state index >= 15 is 0 Å². The lowest BCUT2D eigenvalue weighted by molar-refractivity contribution is 0.415. The summed E-state index contributed by atoms with van der Waals surface area (Å²) in [5.41, 5.74) is 0.795. The van der Waals surface area contributed by atoms with E-state index in [4.69, 9.17) is 16.3 Å². The van der Waals surface area contributed by atoms with Gasteiger partial charge in [0.15, 0.2) is 5.82 Å². The first-order chi connectivity index (χ1) is 10.8. The zero-order chi connectivity index (χ0) is 15.4. The summed E-state index contributed by atoms with van der Waals surface area (Å²) in [5.74, 6) is 1.95. The molecule has 2 heterocycles. The van der Waals surface area contributed by atoms with Gasteiger partial charge < -0.3 is 15.0 Å². The van der Waals surface area contributed by atoms with Gasteiger partial charge in [-0.2, -0.15) is 10.1 Å². The molecule has 2 aromatic rings. The number of anilines is 3. The molecule has 0 aliphatic carbocycles. The highest BCUT2D eigenvalue weighted by Gasteiger charge is 2.13. The van der Waals surface area contributed by atoms with Crippen molar-refractivity contribution in [2.75, 3.05) is 30.4 Å². The second-order valence-electron chi connectivity index (χ2n) is 5.16. The summed E-state index contributed by atoms with van der Waals surface area (Å²) in [4.78, 5) is 6.77. The van der Waals surface area contributed by atoms with E-state index in [1.165, 1.54) is 19.3 Å². The molecule has 116 valence electrons. The Morgan fingerprint density at radius 2 is 2.05 bits per heavy atom. The Kier molecular flexibility index (Phi) is 4.58. The summed E-state index contributed by atoms with van der Waals surface area (Å²) < 4.78 is 5.14. The second kappa shape index (κ2) is 6.79. The van der Waals surface area contributed by atoms with Gasteiger partial charge >= 0.3 is 0 Å². The van der Waals surface area contributed by atoms with E-state index < -0.39 is 0 Å². The van der Waals surface area contributed by atoms with Crippen LogP contribution in [0.4, 0.5) is 17.5 Å². The fourth-order valence-corrected chi connectivity index (χ4v) is 2.75. The molecule has 0 radical (unpaired) electrons. The number of methoxy groups -OCH3 is 1. The van der Waals surface area contributed by atoms with Crippen molar-refractivity contribution in [1.29, 1.82) is 0 Å². The van der Waals surface area contributed by atoms with Crippen LogP contribution in [0, 0.1) is 0 Å². The van der Waals surface area contributed by atoms with Gasteiger partial charge in [0.2, 0.25) is 5.95 Å². The quantitative estimate of drug-likeness (QED) is 0.933. The predicted octanol–water partition coefficient (Wildman–Crippen LogP) is 3.27. The molecule has 0 unspecified atom stereocenters. The Bertz CT molecular complexity index is 646. The lowest BCUT2D eigenvalue weighted by Gasteiger charge is -2.27. The summed E-state index contributed by atoms with van der Waals surface area (Å²) in [6.45, 7) is 2.04. The fraction of sp³-hybridized carbons (Fsp3) is 0.400. The SMILES string of the molecule is COc1ccc(Nc2nncc(N3CCCCC3)n2)cc1Cl. The third-order valence-electron chi connectivity index (χ3n) is 3.63. The van der Waals surface area contributed by atoms with Crippen molar-refractivity contribution in [1.82, 2.24) is 15.2 Å². The third kappa shape index (κ3) is 3.39. The number of hydrogen-bond donors (Lipinski definition) is 1. The molecule has 7 heteroatoms. The van der Waals surface area contributed by atoms with Crippen molar-refractivity contribution in [3.05, 3.63) is 29.4 Å². The first-order valence-corrected chi connectivity index (χ1v) is 7.69. The van der Waals surface area contributed by atoms with Crippen molar-refractivity contribution in [3.8, 4) is 5.75 Å². The molecule has 0 amide bonds. The van der Waals surface area contributed by atoms with Crippen LogP contribution in [0.5, 0.6) is 5.75 Å². The minimum atomic E-state index is 0.462. The Hall–Kier alpha value is -2.08. The highest BCUT2D eigenvalue weighted by Crippen LogP contribution is 2.28. The standard InChI is InChI=1S/C15H18ClN5O/c1-22-13-6-5-11(9-12(13)16)18-15-19-14(10-17-20-15)21-7-3-2-4-8-21/h5-6,9-10H,2-4,7-8H2,1H3,(H,18,19,20). The average Bonchev–Trinajstić information content (AvgIpc) is 2.56. The number of nitrogens with zero attached hydrogens (tertiary/aromatic N) is 4. The minimum absolute atomic E-state index is 0.462. The summed E-state index contributed by atoms with van der Waals surface area (Å²) in [5, 5.41) is 11.7. The molecule has 1 aliphatic rings. The maximum absolute atomic E-state index is 6.12. The predicted molar refractivity (Wildman–Crippen MR) is 87.2 cm³/mol. The average molecular weight is 320 g/mol. The van der Waals surface area contributed by atoms with Gasteiger partial charge in [0.1, 0.15) is 5.75 Å². The van der Waals surface area contributed by atoms with Crippen LogP contribution < -0.4 is 15.0 Å². The molecule has 22 heavy (non-hydrogen) atoms. The Morgan fingerprint density at radius 1 is 1.23 bits per heavy atom. The Labute approximate surface area is 134 Å². The number of piperidine rings is 1. The van der Waals surface area contributed by atoms with Crippen LogP contribution >= 0.6 is 11.6 Å². The molecule has 0 bridgehead atoms. The molecule has 1 aromatic heterocycles. The van der Waals surface area contributed by atoms with Crippen LogP contribution in [0.2, 0.25) is 5.02 Å². The van der Waals surface area contributed by atoms with E-state index in [9.17, 15) is 0 Å². The first-order valence-electron chi connectivity index (χ1n) is 7.31. The molecule has 0 atom stereocenters. The largest absolute Gasteiger partial charge is 0.495 e. The van der Waals surface area contributed by atoms with Crippen molar-refractivity contribution >= 4 is 29.1 Å². The monoisotopic (exact) mass is 319 g/mol. The van der Waals surface area contributed by atoms with Gasteiger partial charge in [0.05, 0.1) is 18.3 Å². The number of halogens is 1. The van der Waals surface area contributed by atoms with Gasteiger partial charge in [0.25, 0.3) is 0 Å². The summed E-state index contributed by atoms with van der Waals surface area (Å²) in [7, 11) is 1.59. The lowest BCUT2D eigenvalue weighted by atomic mass is 10.1. The zero-order valence-electron chi connectivity index (χ0n) is 12.4. The normalized spacial score (nSPS) is 14.7. The van der Waals surface area contributed by atoms with Gasteiger partial charge in [-0.15, -0.1) is 5.10 Å². The van der Waals surface area contributed by atoms with Crippen LogP contribution in [0.15, 0.2) is 24.4 Å². The molecule has 1 fully saturated rings. The van der Waals surface area contributed by atoms with Gasteiger partial charge in [0, 0.05) is 18.8 Å². The molecule has 1 aliphatic heterocycles. The second-order valence-corrected chi connectivity index (χ2v) is 5.57. The van der Waals surface area contributed by atoms with E-state index in [0.717, 1.165) is 24.6 Å². The van der Waals surface area contributed by atoms with Crippen LogP contribution in [0.3, 0.4) is 0 Å². The third-order valence-corrected chi connectivity index (χ3v) is 3.93. The number of aromatic nitrogens is 3. The van der Waals surface area contributed by atoms with Crippen LogP contribution in [-0.2, 0) is 0 Å². The molecule has 3 rings (SSSR count). The molecule has 0 spiro atoms. The number of rotatable bonds is 4. The maximum Gasteiger partial charge on any atom is 0.249 e. The first kappa shape index (κ1) is 14.8. The summed E-state index contributed by atoms with van der Waals surface area (Å²) in [6, 6.07) is 5.44.